The highest BCUT2D eigenvalue weighted by molar-refractivity contribution is 7.86. The lowest BCUT2D eigenvalue weighted by atomic mass is 10.3. The normalized spacial score (nSPS) is 30.0. The molecule has 0 radical (unpaired) electrons. The summed E-state index contributed by atoms with van der Waals surface area (Å²) in [5.41, 5.74) is 5.77. The van der Waals surface area contributed by atoms with Crippen LogP contribution in [0.1, 0.15) is 19.3 Å². The maximum absolute atomic E-state index is 11.6. The number of carbonyl (C=O) groups is 1. The number of hydrogen-bond acceptors (Lipinski definition) is 3. The first-order valence-corrected chi connectivity index (χ1v) is 5.86. The standard InChI is InChI=1S/C8H16N2O2S/c1-10-8(11)5-13(12)7-4-2-3-6(7)9/h6-7H,2-5,9H2,1H3,(H,10,11). The summed E-state index contributed by atoms with van der Waals surface area (Å²) in [5.74, 6) is -0.0769. The molecule has 0 spiro atoms. The average Bonchev–Trinajstić information content (AvgIpc) is 2.51. The van der Waals surface area contributed by atoms with E-state index in [1.807, 2.05) is 0 Å². The molecule has 3 unspecified atom stereocenters. The third-order valence-corrected chi connectivity index (χ3v) is 4.20. The molecular formula is C8H16N2O2S. The molecule has 5 heteroatoms. The molecule has 0 aromatic rings. The Hall–Kier alpha value is -0.420. The first-order valence-electron chi connectivity index (χ1n) is 4.48. The SMILES string of the molecule is CNC(=O)CS(=O)C1CCCC1N. The Balaban J connectivity index is 2.43. The van der Waals surface area contributed by atoms with Gasteiger partial charge >= 0.3 is 0 Å². The number of nitrogens with one attached hydrogen (secondary N) is 1. The zero-order valence-electron chi connectivity index (χ0n) is 7.79. The lowest BCUT2D eigenvalue weighted by Crippen LogP contribution is -2.37. The van der Waals surface area contributed by atoms with Crippen LogP contribution in [-0.2, 0) is 15.6 Å². The van der Waals surface area contributed by atoms with Crippen molar-refractivity contribution in [2.75, 3.05) is 12.8 Å². The van der Waals surface area contributed by atoms with Crippen molar-refractivity contribution in [1.82, 2.24) is 5.32 Å². The molecule has 1 aliphatic carbocycles. The van der Waals surface area contributed by atoms with Crippen LogP contribution in [0, 0.1) is 0 Å². The number of nitrogens with two attached hydrogens (primary N) is 1. The molecule has 3 N–H and O–H groups in total. The van der Waals surface area contributed by atoms with Gasteiger partial charge in [-0.15, -0.1) is 0 Å². The van der Waals surface area contributed by atoms with Gasteiger partial charge in [0, 0.05) is 23.9 Å². The van der Waals surface area contributed by atoms with E-state index in [4.69, 9.17) is 5.73 Å². The third-order valence-electron chi connectivity index (χ3n) is 2.39. The van der Waals surface area contributed by atoms with Crippen molar-refractivity contribution in [1.29, 1.82) is 0 Å². The molecule has 0 saturated heterocycles. The minimum atomic E-state index is -1.09. The molecule has 1 amide bonds. The van der Waals surface area contributed by atoms with Gasteiger partial charge in [-0.3, -0.25) is 9.00 Å². The predicted octanol–water partition coefficient (Wildman–Crippen LogP) is -0.639. The highest BCUT2D eigenvalue weighted by Gasteiger charge is 2.29. The molecule has 4 nitrogen and oxygen atoms in total. The molecular weight excluding hydrogens is 188 g/mol. The number of hydrogen-bond donors (Lipinski definition) is 2. The van der Waals surface area contributed by atoms with Crippen molar-refractivity contribution < 1.29 is 9.00 Å². The summed E-state index contributed by atoms with van der Waals surface area (Å²) in [6.45, 7) is 0. The van der Waals surface area contributed by atoms with E-state index in [2.05, 4.69) is 5.32 Å². The molecule has 1 saturated carbocycles. The first kappa shape index (κ1) is 10.7. The van der Waals surface area contributed by atoms with Crippen LogP contribution in [-0.4, -0.2) is 34.2 Å². The molecule has 1 rings (SSSR count). The minimum absolute atomic E-state index is 0.0190. The van der Waals surface area contributed by atoms with Gasteiger partial charge in [0.15, 0.2) is 0 Å². The smallest absolute Gasteiger partial charge is 0.232 e. The van der Waals surface area contributed by atoms with E-state index >= 15 is 0 Å². The Morgan fingerprint density at radius 1 is 1.62 bits per heavy atom. The Kier molecular flexibility index (Phi) is 3.87. The van der Waals surface area contributed by atoms with Gasteiger partial charge in [-0.05, 0) is 12.8 Å². The van der Waals surface area contributed by atoms with Crippen LogP contribution >= 0.6 is 0 Å². The van der Waals surface area contributed by atoms with Crippen molar-refractivity contribution in [3.8, 4) is 0 Å². The number of rotatable bonds is 3. The van der Waals surface area contributed by atoms with E-state index in [0.29, 0.717) is 0 Å². The third kappa shape index (κ3) is 2.77. The predicted molar refractivity (Wildman–Crippen MR) is 52.7 cm³/mol. The Bertz CT molecular complexity index is 220. The highest BCUT2D eigenvalue weighted by Crippen LogP contribution is 2.22. The molecule has 76 valence electrons. The summed E-state index contributed by atoms with van der Waals surface area (Å²) in [4.78, 5) is 10.9. The van der Waals surface area contributed by atoms with Gasteiger partial charge in [-0.1, -0.05) is 6.42 Å². The number of amides is 1. The van der Waals surface area contributed by atoms with Gasteiger partial charge < -0.3 is 11.1 Å². The summed E-state index contributed by atoms with van der Waals surface area (Å²) in [6, 6.07) is 0.0190. The van der Waals surface area contributed by atoms with E-state index < -0.39 is 10.8 Å². The second-order valence-electron chi connectivity index (χ2n) is 3.33. The van der Waals surface area contributed by atoms with Crippen molar-refractivity contribution in [3.05, 3.63) is 0 Å². The van der Waals surface area contributed by atoms with Crippen molar-refractivity contribution in [3.63, 3.8) is 0 Å². The average molecular weight is 204 g/mol. The van der Waals surface area contributed by atoms with Gasteiger partial charge in [0.1, 0.15) is 5.75 Å². The highest BCUT2D eigenvalue weighted by atomic mass is 32.2. The monoisotopic (exact) mass is 204 g/mol. The van der Waals surface area contributed by atoms with Crippen molar-refractivity contribution in [2.45, 2.75) is 30.6 Å². The van der Waals surface area contributed by atoms with Crippen molar-refractivity contribution >= 4 is 16.7 Å². The topological polar surface area (TPSA) is 72.2 Å². The van der Waals surface area contributed by atoms with Gasteiger partial charge in [-0.25, -0.2) is 0 Å². The van der Waals surface area contributed by atoms with Crippen LogP contribution in [0.5, 0.6) is 0 Å². The van der Waals surface area contributed by atoms with E-state index in [9.17, 15) is 9.00 Å². The van der Waals surface area contributed by atoms with Crippen LogP contribution in [0.2, 0.25) is 0 Å². The minimum Gasteiger partial charge on any atom is -0.358 e. The molecule has 1 fully saturated rings. The zero-order valence-corrected chi connectivity index (χ0v) is 8.60. The van der Waals surface area contributed by atoms with E-state index in [-0.39, 0.29) is 23.0 Å². The second-order valence-corrected chi connectivity index (χ2v) is 4.99. The molecule has 0 aromatic carbocycles. The van der Waals surface area contributed by atoms with Crippen LogP contribution in [0.15, 0.2) is 0 Å². The molecule has 0 bridgehead atoms. The fourth-order valence-electron chi connectivity index (χ4n) is 1.59. The van der Waals surface area contributed by atoms with Crippen LogP contribution in [0.4, 0.5) is 0 Å². The lowest BCUT2D eigenvalue weighted by Gasteiger charge is -2.13. The fourth-order valence-corrected chi connectivity index (χ4v) is 3.16. The summed E-state index contributed by atoms with van der Waals surface area (Å²) in [5, 5.41) is 2.49. The summed E-state index contributed by atoms with van der Waals surface area (Å²) in [7, 11) is 0.457. The summed E-state index contributed by atoms with van der Waals surface area (Å²) >= 11 is 0. The first-order chi connectivity index (χ1) is 6.15. The molecule has 1 aliphatic rings. The Labute approximate surface area is 80.7 Å². The zero-order chi connectivity index (χ0) is 9.84. The molecule has 13 heavy (non-hydrogen) atoms. The van der Waals surface area contributed by atoms with Crippen LogP contribution in [0.3, 0.4) is 0 Å². The van der Waals surface area contributed by atoms with Crippen LogP contribution < -0.4 is 11.1 Å². The van der Waals surface area contributed by atoms with Gasteiger partial charge in [0.05, 0.1) is 5.25 Å². The fraction of sp³-hybridized carbons (Fsp3) is 0.875. The molecule has 3 atom stereocenters. The molecule has 0 aromatic heterocycles. The van der Waals surface area contributed by atoms with E-state index in [1.165, 1.54) is 0 Å². The second kappa shape index (κ2) is 4.72. The Morgan fingerprint density at radius 3 is 2.77 bits per heavy atom. The van der Waals surface area contributed by atoms with E-state index in [1.54, 1.807) is 7.05 Å². The largest absolute Gasteiger partial charge is 0.358 e. The van der Waals surface area contributed by atoms with Gasteiger partial charge in [0.25, 0.3) is 0 Å². The molecule has 0 heterocycles. The van der Waals surface area contributed by atoms with Gasteiger partial charge in [0.2, 0.25) is 5.91 Å². The van der Waals surface area contributed by atoms with Gasteiger partial charge in [-0.2, -0.15) is 0 Å². The summed E-state index contributed by atoms with van der Waals surface area (Å²) < 4.78 is 11.6. The Morgan fingerprint density at radius 2 is 2.31 bits per heavy atom. The van der Waals surface area contributed by atoms with Crippen LogP contribution in [0.25, 0.3) is 0 Å². The maximum atomic E-state index is 11.6. The van der Waals surface area contributed by atoms with Crippen molar-refractivity contribution in [2.24, 2.45) is 5.73 Å². The quantitative estimate of drug-likeness (QED) is 0.642. The summed E-state index contributed by atoms with van der Waals surface area (Å²) in [6.07, 6.45) is 2.86. The maximum Gasteiger partial charge on any atom is 0.232 e. The van der Waals surface area contributed by atoms with E-state index in [0.717, 1.165) is 19.3 Å². The lowest BCUT2D eigenvalue weighted by molar-refractivity contribution is -0.118. The molecule has 0 aliphatic heterocycles. The number of carbonyl (C=O) groups excluding carboxylic acids is 1.